The van der Waals surface area contributed by atoms with Crippen LogP contribution < -0.4 is 4.72 Å². The van der Waals surface area contributed by atoms with Crippen LogP contribution in [0, 0.1) is 5.82 Å². The molecule has 1 atom stereocenters. The average molecular weight is 307 g/mol. The predicted octanol–water partition coefficient (Wildman–Crippen LogP) is 1.36. The Hall–Kier alpha value is -0.630. The van der Waals surface area contributed by atoms with Crippen molar-refractivity contribution in [1.29, 1.82) is 0 Å². The summed E-state index contributed by atoms with van der Waals surface area (Å²) in [6.07, 6.45) is 1.83. The van der Waals surface area contributed by atoms with Crippen molar-refractivity contribution in [2.45, 2.75) is 18.3 Å². The van der Waals surface area contributed by atoms with Gasteiger partial charge in [-0.2, -0.15) is 11.8 Å². The number of rotatable bonds is 7. The summed E-state index contributed by atoms with van der Waals surface area (Å²) in [6, 6.07) is 5.28. The van der Waals surface area contributed by atoms with Crippen LogP contribution in [0.4, 0.5) is 4.39 Å². The minimum atomic E-state index is -3.54. The molecular formula is C12H18FNO3S2. The minimum absolute atomic E-state index is 0.0443. The van der Waals surface area contributed by atoms with E-state index in [-0.39, 0.29) is 12.3 Å². The SMILES string of the molecule is CSC[C@@](C)(O)CNS(=O)(=O)Cc1ccc(F)cc1. The molecule has 4 nitrogen and oxygen atoms in total. The molecule has 0 heterocycles. The quantitative estimate of drug-likeness (QED) is 0.798. The van der Waals surface area contributed by atoms with E-state index in [0.29, 0.717) is 11.3 Å². The van der Waals surface area contributed by atoms with Gasteiger partial charge in [-0.25, -0.2) is 17.5 Å². The van der Waals surface area contributed by atoms with Crippen LogP contribution in [0.3, 0.4) is 0 Å². The van der Waals surface area contributed by atoms with Gasteiger partial charge >= 0.3 is 0 Å². The van der Waals surface area contributed by atoms with Gasteiger partial charge in [0, 0.05) is 12.3 Å². The van der Waals surface area contributed by atoms with Crippen LogP contribution >= 0.6 is 11.8 Å². The van der Waals surface area contributed by atoms with Crippen LogP contribution in [-0.4, -0.2) is 37.7 Å². The van der Waals surface area contributed by atoms with E-state index in [1.165, 1.54) is 36.0 Å². The van der Waals surface area contributed by atoms with Crippen molar-refractivity contribution in [2.24, 2.45) is 0 Å². The third-order valence-corrected chi connectivity index (χ3v) is 4.61. The van der Waals surface area contributed by atoms with Gasteiger partial charge in [-0.3, -0.25) is 0 Å². The van der Waals surface area contributed by atoms with Gasteiger partial charge in [0.15, 0.2) is 0 Å². The molecule has 2 N–H and O–H groups in total. The maximum Gasteiger partial charge on any atom is 0.215 e. The molecule has 0 saturated heterocycles. The molecule has 7 heteroatoms. The Balaban J connectivity index is 2.59. The number of thioether (sulfide) groups is 1. The van der Waals surface area contributed by atoms with Crippen molar-refractivity contribution in [2.75, 3.05) is 18.6 Å². The lowest BCUT2D eigenvalue weighted by atomic mass is 10.1. The van der Waals surface area contributed by atoms with Crippen LogP contribution in [0.25, 0.3) is 0 Å². The van der Waals surface area contributed by atoms with Crippen LogP contribution in [0.1, 0.15) is 12.5 Å². The van der Waals surface area contributed by atoms with E-state index in [9.17, 15) is 17.9 Å². The third kappa shape index (κ3) is 6.38. The Bertz CT molecular complexity index is 500. The summed E-state index contributed by atoms with van der Waals surface area (Å²) in [7, 11) is -3.54. The van der Waals surface area contributed by atoms with E-state index < -0.39 is 21.4 Å². The topological polar surface area (TPSA) is 66.4 Å². The van der Waals surface area contributed by atoms with Crippen molar-refractivity contribution in [3.05, 3.63) is 35.6 Å². The van der Waals surface area contributed by atoms with Crippen LogP contribution in [0.5, 0.6) is 0 Å². The maximum atomic E-state index is 12.7. The molecule has 1 aromatic carbocycles. The molecule has 0 aliphatic carbocycles. The molecule has 19 heavy (non-hydrogen) atoms. The first-order valence-corrected chi connectivity index (χ1v) is 8.72. The Morgan fingerprint density at radius 3 is 2.47 bits per heavy atom. The number of aliphatic hydroxyl groups is 1. The van der Waals surface area contributed by atoms with E-state index in [0.717, 1.165) is 0 Å². The fraction of sp³-hybridized carbons (Fsp3) is 0.500. The van der Waals surface area contributed by atoms with Crippen LogP contribution in [0.15, 0.2) is 24.3 Å². The molecular weight excluding hydrogens is 289 g/mol. The molecule has 0 aliphatic heterocycles. The third-order valence-electron chi connectivity index (χ3n) is 2.40. The van der Waals surface area contributed by atoms with Gasteiger partial charge in [0.05, 0.1) is 11.4 Å². The summed E-state index contributed by atoms with van der Waals surface area (Å²) in [5, 5.41) is 9.88. The maximum absolute atomic E-state index is 12.7. The first kappa shape index (κ1) is 16.4. The van der Waals surface area contributed by atoms with Crippen molar-refractivity contribution < 1.29 is 17.9 Å². The Labute approximate surface area is 117 Å². The molecule has 0 unspecified atom stereocenters. The monoisotopic (exact) mass is 307 g/mol. The summed E-state index contributed by atoms with van der Waals surface area (Å²) < 4.78 is 38.7. The van der Waals surface area contributed by atoms with Gasteiger partial charge in [-0.15, -0.1) is 0 Å². The molecule has 0 amide bonds. The van der Waals surface area contributed by atoms with E-state index in [2.05, 4.69) is 4.72 Å². The van der Waals surface area contributed by atoms with Crippen molar-refractivity contribution in [3.63, 3.8) is 0 Å². The molecule has 108 valence electrons. The molecule has 0 radical (unpaired) electrons. The summed E-state index contributed by atoms with van der Waals surface area (Å²) in [4.78, 5) is 0. The number of hydrogen-bond donors (Lipinski definition) is 2. The predicted molar refractivity (Wildman–Crippen MR) is 76.0 cm³/mol. The molecule has 0 bridgehead atoms. The number of hydrogen-bond acceptors (Lipinski definition) is 4. The lowest BCUT2D eigenvalue weighted by molar-refractivity contribution is 0.0908. The van der Waals surface area contributed by atoms with Crippen molar-refractivity contribution >= 4 is 21.8 Å². The van der Waals surface area contributed by atoms with Gasteiger partial charge in [0.25, 0.3) is 0 Å². The zero-order valence-corrected chi connectivity index (χ0v) is 12.5. The molecule has 0 aromatic heterocycles. The minimum Gasteiger partial charge on any atom is -0.388 e. The number of halogens is 1. The molecule has 1 rings (SSSR count). The second-order valence-corrected chi connectivity index (χ2v) is 7.31. The summed E-state index contributed by atoms with van der Waals surface area (Å²) >= 11 is 1.44. The van der Waals surface area contributed by atoms with Gasteiger partial charge < -0.3 is 5.11 Å². The lowest BCUT2D eigenvalue weighted by Gasteiger charge is -2.22. The smallest absolute Gasteiger partial charge is 0.215 e. The highest BCUT2D eigenvalue weighted by atomic mass is 32.2. The van der Waals surface area contributed by atoms with E-state index in [4.69, 9.17) is 0 Å². The van der Waals surface area contributed by atoms with E-state index in [1.54, 1.807) is 6.92 Å². The van der Waals surface area contributed by atoms with Crippen molar-refractivity contribution in [3.8, 4) is 0 Å². The molecule has 0 spiro atoms. The Kier molecular flexibility index (Phi) is 5.79. The largest absolute Gasteiger partial charge is 0.388 e. The van der Waals surface area contributed by atoms with Gasteiger partial charge in [-0.05, 0) is 30.9 Å². The number of benzene rings is 1. The number of sulfonamides is 1. The second kappa shape index (κ2) is 6.69. The van der Waals surface area contributed by atoms with Gasteiger partial charge in [0.1, 0.15) is 5.82 Å². The highest BCUT2D eigenvalue weighted by Crippen LogP contribution is 2.11. The fourth-order valence-corrected chi connectivity index (χ4v) is 3.47. The zero-order chi connectivity index (χ0) is 14.5. The Morgan fingerprint density at radius 2 is 1.95 bits per heavy atom. The molecule has 1 aromatic rings. The first-order chi connectivity index (χ1) is 8.74. The highest BCUT2D eigenvalue weighted by Gasteiger charge is 2.22. The van der Waals surface area contributed by atoms with Gasteiger partial charge in [-0.1, -0.05) is 12.1 Å². The average Bonchev–Trinajstić information content (AvgIpc) is 2.30. The zero-order valence-electron chi connectivity index (χ0n) is 10.9. The van der Waals surface area contributed by atoms with Crippen LogP contribution in [0.2, 0.25) is 0 Å². The highest BCUT2D eigenvalue weighted by molar-refractivity contribution is 7.98. The van der Waals surface area contributed by atoms with Gasteiger partial charge in [0.2, 0.25) is 10.0 Å². The summed E-state index contributed by atoms with van der Waals surface area (Å²) in [5.41, 5.74) is -0.589. The second-order valence-electron chi connectivity index (χ2n) is 4.64. The Morgan fingerprint density at radius 1 is 1.37 bits per heavy atom. The van der Waals surface area contributed by atoms with E-state index >= 15 is 0 Å². The standard InChI is InChI=1S/C12H18FNO3S2/c1-12(15,9-18-2)8-14-19(16,17)7-10-3-5-11(13)6-4-10/h3-6,14-15H,7-9H2,1-2H3/t12-/m0/s1. The fourth-order valence-electron chi connectivity index (χ4n) is 1.48. The lowest BCUT2D eigenvalue weighted by Crippen LogP contribution is -2.42. The molecule has 0 aliphatic rings. The normalized spacial score (nSPS) is 15.2. The number of nitrogens with one attached hydrogen (secondary N) is 1. The van der Waals surface area contributed by atoms with Crippen molar-refractivity contribution in [1.82, 2.24) is 4.72 Å². The molecule has 0 fully saturated rings. The first-order valence-electron chi connectivity index (χ1n) is 5.67. The summed E-state index contributed by atoms with van der Waals surface area (Å²) in [5.74, 6) is -0.202. The molecule has 0 saturated carbocycles. The summed E-state index contributed by atoms with van der Waals surface area (Å²) in [6.45, 7) is 1.53. The van der Waals surface area contributed by atoms with Crippen LogP contribution in [-0.2, 0) is 15.8 Å². The van der Waals surface area contributed by atoms with E-state index in [1.807, 2.05) is 6.26 Å².